The SMILES string of the molecule is COC(=O)[C@@H]1CC[C@H]1NC(=O)[C@H]1CC[C@@H]1NC(=O)OC(C)(C)C. The van der Waals surface area contributed by atoms with Crippen molar-refractivity contribution in [2.75, 3.05) is 7.11 Å². The van der Waals surface area contributed by atoms with E-state index in [1.54, 1.807) is 20.8 Å². The Morgan fingerprint density at radius 1 is 0.913 bits per heavy atom. The summed E-state index contributed by atoms with van der Waals surface area (Å²) in [5.74, 6) is -0.905. The van der Waals surface area contributed by atoms with E-state index in [-0.39, 0.29) is 35.8 Å². The van der Waals surface area contributed by atoms with Crippen LogP contribution in [-0.4, -0.2) is 42.8 Å². The molecule has 0 aromatic rings. The molecule has 0 heterocycles. The summed E-state index contributed by atoms with van der Waals surface area (Å²) in [6.07, 6.45) is 2.49. The van der Waals surface area contributed by atoms with Crippen molar-refractivity contribution in [3.63, 3.8) is 0 Å². The highest BCUT2D eigenvalue weighted by molar-refractivity contribution is 5.83. The van der Waals surface area contributed by atoms with E-state index in [2.05, 4.69) is 10.6 Å². The zero-order valence-corrected chi connectivity index (χ0v) is 14.2. The lowest BCUT2D eigenvalue weighted by Gasteiger charge is -2.40. The van der Waals surface area contributed by atoms with Crippen LogP contribution in [0.1, 0.15) is 46.5 Å². The molecule has 4 atom stereocenters. The molecule has 7 nitrogen and oxygen atoms in total. The van der Waals surface area contributed by atoms with E-state index in [0.29, 0.717) is 0 Å². The van der Waals surface area contributed by atoms with Gasteiger partial charge in [0.15, 0.2) is 0 Å². The first-order valence-corrected chi connectivity index (χ1v) is 8.09. The molecule has 2 aliphatic rings. The van der Waals surface area contributed by atoms with E-state index >= 15 is 0 Å². The molecule has 0 unspecified atom stereocenters. The number of hydrogen-bond acceptors (Lipinski definition) is 5. The zero-order valence-electron chi connectivity index (χ0n) is 14.2. The molecule has 2 amide bonds. The molecule has 130 valence electrons. The third kappa shape index (κ3) is 4.36. The Morgan fingerprint density at radius 2 is 1.48 bits per heavy atom. The predicted molar refractivity (Wildman–Crippen MR) is 82.6 cm³/mol. The maximum absolute atomic E-state index is 12.3. The van der Waals surface area contributed by atoms with Crippen LogP contribution in [0, 0.1) is 11.8 Å². The van der Waals surface area contributed by atoms with Crippen LogP contribution in [0.25, 0.3) is 0 Å². The smallest absolute Gasteiger partial charge is 0.407 e. The second-order valence-electron chi connectivity index (χ2n) is 7.26. The molecule has 7 heteroatoms. The van der Waals surface area contributed by atoms with Crippen molar-refractivity contribution in [2.24, 2.45) is 11.8 Å². The minimum atomic E-state index is -0.564. The minimum absolute atomic E-state index is 0.115. The Morgan fingerprint density at radius 3 is 1.91 bits per heavy atom. The van der Waals surface area contributed by atoms with Crippen molar-refractivity contribution < 1.29 is 23.9 Å². The van der Waals surface area contributed by atoms with Gasteiger partial charge in [0, 0.05) is 12.1 Å². The topological polar surface area (TPSA) is 93.7 Å². The molecule has 0 aromatic heterocycles. The van der Waals surface area contributed by atoms with Gasteiger partial charge < -0.3 is 20.1 Å². The van der Waals surface area contributed by atoms with Gasteiger partial charge in [-0.3, -0.25) is 9.59 Å². The lowest BCUT2D eigenvalue weighted by atomic mass is 9.76. The summed E-state index contributed by atoms with van der Waals surface area (Å²) in [6.45, 7) is 5.38. The first-order chi connectivity index (χ1) is 10.7. The molecule has 2 rings (SSSR count). The molecule has 0 aromatic carbocycles. The quantitative estimate of drug-likeness (QED) is 0.761. The molecular formula is C16H26N2O5. The van der Waals surface area contributed by atoms with Gasteiger partial charge in [-0.15, -0.1) is 0 Å². The van der Waals surface area contributed by atoms with Crippen LogP contribution in [0.4, 0.5) is 4.79 Å². The van der Waals surface area contributed by atoms with E-state index in [0.717, 1.165) is 25.7 Å². The monoisotopic (exact) mass is 326 g/mol. The summed E-state index contributed by atoms with van der Waals surface area (Å²) < 4.78 is 9.93. The Bertz CT molecular complexity index is 485. The average Bonchev–Trinajstić information content (AvgIpc) is 2.37. The number of esters is 1. The number of nitrogens with one attached hydrogen (secondary N) is 2. The van der Waals surface area contributed by atoms with Gasteiger partial charge in [-0.05, 0) is 46.5 Å². The van der Waals surface area contributed by atoms with Crippen LogP contribution in [0.3, 0.4) is 0 Å². The number of amides is 2. The van der Waals surface area contributed by atoms with Gasteiger partial charge >= 0.3 is 12.1 Å². The van der Waals surface area contributed by atoms with E-state index < -0.39 is 11.7 Å². The van der Waals surface area contributed by atoms with Crippen molar-refractivity contribution in [3.8, 4) is 0 Å². The fourth-order valence-corrected chi connectivity index (χ4v) is 2.84. The molecule has 2 fully saturated rings. The molecule has 0 saturated heterocycles. The summed E-state index contributed by atoms with van der Waals surface area (Å²) in [5.41, 5.74) is -0.564. The number of ether oxygens (including phenoxy) is 2. The maximum Gasteiger partial charge on any atom is 0.407 e. The van der Waals surface area contributed by atoms with E-state index in [1.165, 1.54) is 7.11 Å². The van der Waals surface area contributed by atoms with Crippen LogP contribution in [0.5, 0.6) is 0 Å². The highest BCUT2D eigenvalue weighted by Gasteiger charge is 2.43. The van der Waals surface area contributed by atoms with Crippen LogP contribution in [0.2, 0.25) is 0 Å². The molecule has 0 aliphatic heterocycles. The summed E-state index contributed by atoms with van der Waals surface area (Å²) in [4.78, 5) is 35.6. The Kier molecular flexibility index (Phi) is 5.16. The van der Waals surface area contributed by atoms with E-state index in [1.807, 2.05) is 0 Å². The Labute approximate surface area is 136 Å². The summed E-state index contributed by atoms with van der Waals surface area (Å²) in [6, 6.07) is -0.362. The second kappa shape index (κ2) is 6.76. The lowest BCUT2D eigenvalue weighted by molar-refractivity contribution is -0.150. The van der Waals surface area contributed by atoms with Gasteiger partial charge in [0.1, 0.15) is 5.60 Å². The van der Waals surface area contributed by atoms with Crippen molar-refractivity contribution in [2.45, 2.75) is 64.1 Å². The molecule has 2 saturated carbocycles. The van der Waals surface area contributed by atoms with Gasteiger partial charge in [0.25, 0.3) is 0 Å². The lowest BCUT2D eigenvalue weighted by Crippen LogP contribution is -2.58. The fourth-order valence-electron chi connectivity index (χ4n) is 2.84. The molecule has 2 aliphatic carbocycles. The van der Waals surface area contributed by atoms with Gasteiger partial charge in [0.2, 0.25) is 5.91 Å². The highest BCUT2D eigenvalue weighted by Crippen LogP contribution is 2.32. The largest absolute Gasteiger partial charge is 0.469 e. The maximum atomic E-state index is 12.3. The molecule has 0 radical (unpaired) electrons. The summed E-state index contributed by atoms with van der Waals surface area (Å²) in [7, 11) is 1.35. The van der Waals surface area contributed by atoms with Gasteiger partial charge in [0.05, 0.1) is 18.9 Å². The zero-order chi connectivity index (χ0) is 17.2. The molecule has 2 N–H and O–H groups in total. The summed E-state index contributed by atoms with van der Waals surface area (Å²) >= 11 is 0. The van der Waals surface area contributed by atoms with Gasteiger partial charge in [-0.2, -0.15) is 0 Å². The molecule has 0 bridgehead atoms. The van der Waals surface area contributed by atoms with Crippen molar-refractivity contribution in [1.82, 2.24) is 10.6 Å². The van der Waals surface area contributed by atoms with Crippen molar-refractivity contribution >= 4 is 18.0 Å². The second-order valence-corrected chi connectivity index (χ2v) is 7.26. The summed E-state index contributed by atoms with van der Waals surface area (Å²) in [5, 5.41) is 5.65. The number of hydrogen-bond donors (Lipinski definition) is 2. The van der Waals surface area contributed by atoms with Crippen molar-refractivity contribution in [1.29, 1.82) is 0 Å². The van der Waals surface area contributed by atoms with Gasteiger partial charge in [-0.1, -0.05) is 0 Å². The number of methoxy groups -OCH3 is 1. The average molecular weight is 326 g/mol. The number of alkyl carbamates (subject to hydrolysis) is 1. The molecular weight excluding hydrogens is 300 g/mol. The van der Waals surface area contributed by atoms with Crippen LogP contribution >= 0.6 is 0 Å². The Balaban J connectivity index is 1.79. The fraction of sp³-hybridized carbons (Fsp3) is 0.812. The van der Waals surface area contributed by atoms with Gasteiger partial charge in [-0.25, -0.2) is 4.79 Å². The number of rotatable bonds is 4. The normalized spacial score (nSPS) is 29.6. The van der Waals surface area contributed by atoms with Crippen LogP contribution in [-0.2, 0) is 19.1 Å². The highest BCUT2D eigenvalue weighted by atomic mass is 16.6. The van der Waals surface area contributed by atoms with Crippen molar-refractivity contribution in [3.05, 3.63) is 0 Å². The standard InChI is InChI=1S/C16H26N2O5/c1-16(2,3)23-15(21)18-11-7-5-9(11)13(19)17-12-8-6-10(12)14(20)22-4/h9-12H,5-8H2,1-4H3,(H,17,19)(H,18,21)/t9-,10+,11-,12+/m0/s1. The van der Waals surface area contributed by atoms with Crippen LogP contribution in [0.15, 0.2) is 0 Å². The first-order valence-electron chi connectivity index (χ1n) is 8.09. The first kappa shape index (κ1) is 17.6. The third-order valence-corrected chi connectivity index (χ3v) is 4.42. The van der Waals surface area contributed by atoms with E-state index in [4.69, 9.17) is 9.47 Å². The Hall–Kier alpha value is -1.79. The van der Waals surface area contributed by atoms with Crippen LogP contribution < -0.4 is 10.6 Å². The third-order valence-electron chi connectivity index (χ3n) is 4.42. The molecule has 23 heavy (non-hydrogen) atoms. The molecule has 0 spiro atoms. The van der Waals surface area contributed by atoms with E-state index in [9.17, 15) is 14.4 Å². The minimum Gasteiger partial charge on any atom is -0.469 e. The number of carbonyl (C=O) groups excluding carboxylic acids is 3. The number of carbonyl (C=O) groups is 3. The predicted octanol–water partition coefficient (Wildman–Crippen LogP) is 1.36.